The van der Waals surface area contributed by atoms with Gasteiger partial charge in [0, 0.05) is 16.8 Å². The van der Waals surface area contributed by atoms with E-state index in [0.29, 0.717) is 23.7 Å². The number of fused-ring (bicyclic) bond motifs is 1. The lowest BCUT2D eigenvalue weighted by Gasteiger charge is -2.07. The molecule has 5 heteroatoms. The Hall–Kier alpha value is -3.60. The first-order valence-electron chi connectivity index (χ1n) is 9.14. The van der Waals surface area contributed by atoms with Crippen LogP contribution in [-0.4, -0.2) is 17.5 Å². The summed E-state index contributed by atoms with van der Waals surface area (Å²) in [6.45, 7) is 4.53. The number of hydrogen-bond acceptors (Lipinski definition) is 4. The third-order valence-electron chi connectivity index (χ3n) is 4.34. The molecule has 0 unspecified atom stereocenters. The molecule has 1 amide bonds. The van der Waals surface area contributed by atoms with Crippen LogP contribution in [0.2, 0.25) is 0 Å². The number of anilines is 1. The van der Waals surface area contributed by atoms with E-state index in [9.17, 15) is 4.79 Å². The second-order valence-corrected chi connectivity index (χ2v) is 6.48. The molecule has 5 nitrogen and oxygen atoms in total. The highest BCUT2D eigenvalue weighted by atomic mass is 16.5. The van der Waals surface area contributed by atoms with Gasteiger partial charge in [-0.25, -0.2) is 4.98 Å². The lowest BCUT2D eigenvalue weighted by molar-refractivity contribution is 0.102. The van der Waals surface area contributed by atoms with Crippen molar-refractivity contribution in [2.45, 2.75) is 13.8 Å². The Labute approximate surface area is 163 Å². The van der Waals surface area contributed by atoms with Crippen molar-refractivity contribution in [3.63, 3.8) is 0 Å². The van der Waals surface area contributed by atoms with E-state index < -0.39 is 0 Å². The summed E-state index contributed by atoms with van der Waals surface area (Å²) in [6.07, 6.45) is 0. The van der Waals surface area contributed by atoms with Gasteiger partial charge < -0.3 is 14.5 Å². The summed E-state index contributed by atoms with van der Waals surface area (Å²) < 4.78 is 11.3. The van der Waals surface area contributed by atoms with E-state index in [1.165, 1.54) is 0 Å². The zero-order valence-corrected chi connectivity index (χ0v) is 15.7. The number of carbonyl (C=O) groups is 1. The maximum Gasteiger partial charge on any atom is 0.255 e. The molecule has 0 saturated carbocycles. The first-order chi connectivity index (χ1) is 13.6. The van der Waals surface area contributed by atoms with Crippen LogP contribution in [-0.2, 0) is 0 Å². The molecule has 0 aliphatic rings. The third-order valence-corrected chi connectivity index (χ3v) is 4.34. The molecule has 4 aromatic rings. The summed E-state index contributed by atoms with van der Waals surface area (Å²) in [6, 6.07) is 20.4. The van der Waals surface area contributed by atoms with Crippen LogP contribution < -0.4 is 10.1 Å². The molecule has 0 spiro atoms. The predicted octanol–water partition coefficient (Wildman–Crippen LogP) is 5.45. The number of carbonyl (C=O) groups excluding carboxylic acids is 1. The van der Waals surface area contributed by atoms with Crippen LogP contribution in [0.15, 0.2) is 71.1 Å². The molecule has 1 aromatic heterocycles. The van der Waals surface area contributed by atoms with Crippen LogP contribution in [0.25, 0.3) is 22.6 Å². The summed E-state index contributed by atoms with van der Waals surface area (Å²) in [5.41, 5.74) is 4.73. The first-order valence-corrected chi connectivity index (χ1v) is 9.14. The van der Waals surface area contributed by atoms with Crippen molar-refractivity contribution in [1.29, 1.82) is 0 Å². The number of oxazole rings is 1. The molecule has 0 fully saturated rings. The van der Waals surface area contributed by atoms with Gasteiger partial charge in [-0.2, -0.15) is 0 Å². The van der Waals surface area contributed by atoms with E-state index in [-0.39, 0.29) is 5.91 Å². The Bertz CT molecular complexity index is 1130. The zero-order chi connectivity index (χ0) is 19.5. The predicted molar refractivity (Wildman–Crippen MR) is 110 cm³/mol. The number of aromatic nitrogens is 1. The SMILES string of the molecule is CCOc1ccc(C(=O)Nc2cccc(-c3nc4cc(C)ccc4o3)c2)cc1. The highest BCUT2D eigenvalue weighted by molar-refractivity contribution is 6.04. The standard InChI is InChI=1S/C23H20N2O3/c1-3-27-19-10-8-16(9-11-19)22(26)24-18-6-4-5-17(14-18)23-25-20-13-15(2)7-12-21(20)28-23/h4-14H,3H2,1-2H3,(H,24,26). The number of benzene rings is 3. The van der Waals surface area contributed by atoms with Gasteiger partial charge in [0.15, 0.2) is 5.58 Å². The van der Waals surface area contributed by atoms with Gasteiger partial charge in [0.2, 0.25) is 5.89 Å². The van der Waals surface area contributed by atoms with E-state index in [4.69, 9.17) is 9.15 Å². The number of rotatable bonds is 5. The minimum atomic E-state index is -0.187. The average molecular weight is 372 g/mol. The number of amides is 1. The van der Waals surface area contributed by atoms with Crippen LogP contribution >= 0.6 is 0 Å². The molecule has 1 heterocycles. The van der Waals surface area contributed by atoms with Crippen LogP contribution in [0, 0.1) is 6.92 Å². The van der Waals surface area contributed by atoms with Gasteiger partial charge in [0.1, 0.15) is 11.3 Å². The van der Waals surface area contributed by atoms with Gasteiger partial charge in [0.25, 0.3) is 5.91 Å². The van der Waals surface area contributed by atoms with Gasteiger partial charge in [0.05, 0.1) is 6.61 Å². The molecule has 140 valence electrons. The Morgan fingerprint density at radius 1 is 1.07 bits per heavy atom. The Morgan fingerprint density at radius 2 is 1.89 bits per heavy atom. The van der Waals surface area contributed by atoms with Gasteiger partial charge in [-0.05, 0) is 74.0 Å². The van der Waals surface area contributed by atoms with Crippen molar-refractivity contribution in [2.75, 3.05) is 11.9 Å². The van der Waals surface area contributed by atoms with Crippen molar-refractivity contribution in [3.8, 4) is 17.2 Å². The Balaban J connectivity index is 1.55. The quantitative estimate of drug-likeness (QED) is 0.506. The van der Waals surface area contributed by atoms with Crippen LogP contribution in [0.1, 0.15) is 22.8 Å². The maximum absolute atomic E-state index is 12.5. The topological polar surface area (TPSA) is 64.4 Å². The summed E-state index contributed by atoms with van der Waals surface area (Å²) in [5.74, 6) is 1.08. The van der Waals surface area contributed by atoms with Crippen molar-refractivity contribution in [3.05, 3.63) is 77.9 Å². The van der Waals surface area contributed by atoms with Crippen molar-refractivity contribution < 1.29 is 13.9 Å². The summed E-state index contributed by atoms with van der Waals surface area (Å²) in [4.78, 5) is 17.1. The molecule has 0 aliphatic heterocycles. The van der Waals surface area contributed by atoms with Gasteiger partial charge in [-0.1, -0.05) is 12.1 Å². The molecule has 28 heavy (non-hydrogen) atoms. The minimum Gasteiger partial charge on any atom is -0.494 e. The molecule has 0 saturated heterocycles. The van der Waals surface area contributed by atoms with Crippen molar-refractivity contribution in [2.24, 2.45) is 0 Å². The lowest BCUT2D eigenvalue weighted by atomic mass is 10.1. The van der Waals surface area contributed by atoms with E-state index in [2.05, 4.69) is 10.3 Å². The molecule has 4 rings (SSSR count). The summed E-state index contributed by atoms with van der Waals surface area (Å²) >= 11 is 0. The van der Waals surface area contributed by atoms with E-state index in [0.717, 1.165) is 28.0 Å². The third kappa shape index (κ3) is 3.74. The molecular weight excluding hydrogens is 352 g/mol. The Kier molecular flexibility index (Phi) is 4.81. The number of aryl methyl sites for hydroxylation is 1. The van der Waals surface area contributed by atoms with E-state index in [1.807, 2.05) is 56.3 Å². The highest BCUT2D eigenvalue weighted by Crippen LogP contribution is 2.27. The normalized spacial score (nSPS) is 10.8. The fourth-order valence-electron chi connectivity index (χ4n) is 2.96. The van der Waals surface area contributed by atoms with Crippen LogP contribution in [0.5, 0.6) is 5.75 Å². The molecule has 0 aliphatic carbocycles. The molecular formula is C23H20N2O3. The number of nitrogens with one attached hydrogen (secondary N) is 1. The smallest absolute Gasteiger partial charge is 0.255 e. The number of ether oxygens (including phenoxy) is 1. The van der Waals surface area contributed by atoms with E-state index in [1.54, 1.807) is 24.3 Å². The van der Waals surface area contributed by atoms with Crippen molar-refractivity contribution in [1.82, 2.24) is 4.98 Å². The molecule has 3 aromatic carbocycles. The minimum absolute atomic E-state index is 0.187. The monoisotopic (exact) mass is 372 g/mol. The lowest BCUT2D eigenvalue weighted by Crippen LogP contribution is -2.11. The van der Waals surface area contributed by atoms with E-state index >= 15 is 0 Å². The van der Waals surface area contributed by atoms with Gasteiger partial charge in [-0.15, -0.1) is 0 Å². The second kappa shape index (κ2) is 7.56. The van der Waals surface area contributed by atoms with Gasteiger partial charge >= 0.3 is 0 Å². The molecule has 1 N–H and O–H groups in total. The largest absolute Gasteiger partial charge is 0.494 e. The van der Waals surface area contributed by atoms with Crippen LogP contribution in [0.3, 0.4) is 0 Å². The van der Waals surface area contributed by atoms with Gasteiger partial charge in [-0.3, -0.25) is 4.79 Å². The molecule has 0 bridgehead atoms. The highest BCUT2D eigenvalue weighted by Gasteiger charge is 2.11. The second-order valence-electron chi connectivity index (χ2n) is 6.48. The fraction of sp³-hybridized carbons (Fsp3) is 0.130. The summed E-state index contributed by atoms with van der Waals surface area (Å²) in [7, 11) is 0. The Morgan fingerprint density at radius 3 is 2.68 bits per heavy atom. The first kappa shape index (κ1) is 17.8. The van der Waals surface area contributed by atoms with Crippen molar-refractivity contribution >= 4 is 22.7 Å². The number of nitrogens with zero attached hydrogens (tertiary/aromatic N) is 1. The average Bonchev–Trinajstić information content (AvgIpc) is 3.12. The number of hydrogen-bond donors (Lipinski definition) is 1. The maximum atomic E-state index is 12.5. The fourth-order valence-corrected chi connectivity index (χ4v) is 2.96. The zero-order valence-electron chi connectivity index (χ0n) is 15.7. The molecule has 0 radical (unpaired) electrons. The summed E-state index contributed by atoms with van der Waals surface area (Å²) in [5, 5.41) is 2.91. The molecule has 0 atom stereocenters. The van der Waals surface area contributed by atoms with Crippen LogP contribution in [0.4, 0.5) is 5.69 Å².